The zero-order valence-electron chi connectivity index (χ0n) is 17.8. The lowest BCUT2D eigenvalue weighted by molar-refractivity contribution is -0.928. The zero-order chi connectivity index (χ0) is 20.5. The summed E-state index contributed by atoms with van der Waals surface area (Å²) in [4.78, 5) is 31.0. The van der Waals surface area contributed by atoms with Crippen molar-refractivity contribution in [1.29, 1.82) is 0 Å². The number of aryl methyl sites for hydroxylation is 1. The number of likely N-dealkylation sites (N-methyl/N-ethyl adjacent to an activating group) is 1. The number of hydrogen-bond acceptors (Lipinski definition) is 2. The molecule has 3 atom stereocenters. The number of carbonyl (C=O) groups is 2. The fourth-order valence-corrected chi connectivity index (χ4v) is 4.93. The summed E-state index contributed by atoms with van der Waals surface area (Å²) in [5, 5.41) is 3.02. The van der Waals surface area contributed by atoms with Gasteiger partial charge in [0.1, 0.15) is 0 Å². The summed E-state index contributed by atoms with van der Waals surface area (Å²) in [5.74, 6) is 0.0686. The van der Waals surface area contributed by atoms with E-state index >= 15 is 0 Å². The van der Waals surface area contributed by atoms with Crippen molar-refractivity contribution in [2.45, 2.75) is 51.6 Å². The quantitative estimate of drug-likeness (QED) is 0.794. The summed E-state index contributed by atoms with van der Waals surface area (Å²) in [6, 6.07) is 8.29. The highest BCUT2D eigenvalue weighted by Gasteiger charge is 2.42. The van der Waals surface area contributed by atoms with Gasteiger partial charge in [0.15, 0.2) is 0 Å². The van der Waals surface area contributed by atoms with Crippen molar-refractivity contribution in [3.05, 3.63) is 46.7 Å². The number of amides is 3. The van der Waals surface area contributed by atoms with Gasteiger partial charge in [0, 0.05) is 20.0 Å². The Labute approximate surface area is 173 Å². The number of hydrogen-bond donors (Lipinski definition) is 2. The second-order valence-corrected chi connectivity index (χ2v) is 8.85. The third-order valence-corrected chi connectivity index (χ3v) is 6.85. The first-order chi connectivity index (χ1) is 14.0. The number of nitrogens with zero attached hydrogens (tertiary/aromatic N) is 2. The maximum absolute atomic E-state index is 13.3. The molecule has 0 aromatic heterocycles. The Hall–Kier alpha value is -2.34. The van der Waals surface area contributed by atoms with Gasteiger partial charge in [0.05, 0.1) is 43.0 Å². The van der Waals surface area contributed by atoms with E-state index in [1.165, 1.54) is 25.8 Å². The molecule has 3 amide bonds. The van der Waals surface area contributed by atoms with Gasteiger partial charge in [-0.25, -0.2) is 4.79 Å². The van der Waals surface area contributed by atoms with E-state index in [1.807, 2.05) is 36.1 Å². The predicted octanol–water partition coefficient (Wildman–Crippen LogP) is 1.63. The third-order valence-electron chi connectivity index (χ3n) is 6.85. The maximum atomic E-state index is 13.3. The van der Waals surface area contributed by atoms with Crippen LogP contribution in [0.15, 0.2) is 35.5 Å². The lowest BCUT2D eigenvalue weighted by atomic mass is 9.95. The van der Waals surface area contributed by atoms with Crippen molar-refractivity contribution in [2.75, 3.05) is 33.2 Å². The first-order valence-corrected chi connectivity index (χ1v) is 10.9. The van der Waals surface area contributed by atoms with Crippen LogP contribution in [0.3, 0.4) is 0 Å². The minimum absolute atomic E-state index is 0.0686. The Balaban J connectivity index is 1.46. The number of benzene rings is 1. The fraction of sp³-hybridized carbons (Fsp3) is 0.565. The van der Waals surface area contributed by atoms with Crippen LogP contribution in [-0.2, 0) is 4.79 Å². The van der Waals surface area contributed by atoms with Gasteiger partial charge in [-0.05, 0) is 38.7 Å². The minimum Gasteiger partial charge on any atom is -0.333 e. The lowest BCUT2D eigenvalue weighted by Gasteiger charge is -2.31. The Morgan fingerprint density at radius 3 is 2.66 bits per heavy atom. The molecule has 0 saturated carbocycles. The molecule has 3 heterocycles. The van der Waals surface area contributed by atoms with Crippen molar-refractivity contribution >= 4 is 11.9 Å². The smallest absolute Gasteiger partial charge is 0.322 e. The molecule has 1 aromatic carbocycles. The molecule has 4 rings (SSSR count). The average Bonchev–Trinajstić information content (AvgIpc) is 3.04. The molecule has 1 unspecified atom stereocenters. The van der Waals surface area contributed by atoms with Crippen molar-refractivity contribution in [1.82, 2.24) is 15.1 Å². The number of rotatable bonds is 5. The molecule has 0 aliphatic carbocycles. The van der Waals surface area contributed by atoms with Gasteiger partial charge in [-0.1, -0.05) is 29.8 Å². The number of quaternary nitrogens is 1. The second-order valence-electron chi connectivity index (χ2n) is 8.85. The van der Waals surface area contributed by atoms with E-state index in [9.17, 15) is 9.59 Å². The van der Waals surface area contributed by atoms with Crippen LogP contribution in [0.4, 0.5) is 4.79 Å². The van der Waals surface area contributed by atoms with Gasteiger partial charge >= 0.3 is 6.03 Å². The highest BCUT2D eigenvalue weighted by atomic mass is 16.2. The van der Waals surface area contributed by atoms with Crippen LogP contribution in [0.1, 0.15) is 49.8 Å². The molecule has 0 bridgehead atoms. The van der Waals surface area contributed by atoms with E-state index in [0.29, 0.717) is 6.54 Å². The molecule has 1 fully saturated rings. The largest absolute Gasteiger partial charge is 0.333 e. The molecule has 0 radical (unpaired) electrons. The number of carbonyl (C=O) groups excluding carboxylic acids is 2. The molecule has 0 spiro atoms. The van der Waals surface area contributed by atoms with E-state index < -0.39 is 0 Å². The van der Waals surface area contributed by atoms with Gasteiger partial charge in [0.25, 0.3) is 5.91 Å². The van der Waals surface area contributed by atoms with Crippen LogP contribution in [0.25, 0.3) is 0 Å². The lowest BCUT2D eigenvalue weighted by Crippen LogP contribution is -3.16. The monoisotopic (exact) mass is 397 g/mol. The highest BCUT2D eigenvalue weighted by molar-refractivity contribution is 6.01. The molecule has 3 aliphatic heterocycles. The maximum Gasteiger partial charge on any atom is 0.322 e. The summed E-state index contributed by atoms with van der Waals surface area (Å²) in [5.41, 5.74) is 3.71. The number of nitrogens with one attached hydrogen (secondary N) is 2. The minimum atomic E-state index is -0.362. The van der Waals surface area contributed by atoms with Gasteiger partial charge < -0.3 is 15.1 Å². The summed E-state index contributed by atoms with van der Waals surface area (Å²) in [6.45, 7) is 8.03. The van der Waals surface area contributed by atoms with E-state index in [1.54, 1.807) is 16.8 Å². The van der Waals surface area contributed by atoms with Crippen molar-refractivity contribution in [3.8, 4) is 0 Å². The summed E-state index contributed by atoms with van der Waals surface area (Å²) in [7, 11) is 1.76. The van der Waals surface area contributed by atoms with Crippen LogP contribution >= 0.6 is 0 Å². The van der Waals surface area contributed by atoms with Crippen LogP contribution in [-0.4, -0.2) is 61.0 Å². The Morgan fingerprint density at radius 2 is 1.93 bits per heavy atom. The molecule has 29 heavy (non-hydrogen) atoms. The molecule has 1 saturated heterocycles. The van der Waals surface area contributed by atoms with Gasteiger partial charge in [-0.3, -0.25) is 9.69 Å². The normalized spacial score (nSPS) is 27.3. The summed E-state index contributed by atoms with van der Waals surface area (Å²) < 4.78 is 0. The summed E-state index contributed by atoms with van der Waals surface area (Å²) >= 11 is 0. The SMILES string of the molecule is Cc1ccc([C@H]2NC(=O)N(C)C3=C2C(=O)N(CCC[NH+]2CCCC[C@@H]2C)C3)cc1. The molecule has 6 nitrogen and oxygen atoms in total. The fourth-order valence-electron chi connectivity index (χ4n) is 4.93. The number of urea groups is 1. The predicted molar refractivity (Wildman–Crippen MR) is 112 cm³/mol. The average molecular weight is 398 g/mol. The standard InChI is InChI=1S/C23H32N4O2/c1-16-8-10-18(11-9-16)21-20-19(25(3)23(29)24-21)15-27(22(20)28)14-6-13-26-12-5-4-7-17(26)2/h8-11,17,21H,4-7,12-15H2,1-3H3,(H,24,29)/p+1/t17-,21+/m0/s1. The first kappa shape index (κ1) is 20.0. The molecule has 1 aromatic rings. The highest BCUT2D eigenvalue weighted by Crippen LogP contribution is 2.35. The van der Waals surface area contributed by atoms with E-state index in [-0.39, 0.29) is 18.0 Å². The zero-order valence-corrected chi connectivity index (χ0v) is 17.8. The van der Waals surface area contributed by atoms with Crippen LogP contribution in [0.5, 0.6) is 0 Å². The summed E-state index contributed by atoms with van der Waals surface area (Å²) in [6.07, 6.45) is 4.98. The molecule has 6 heteroatoms. The molecule has 156 valence electrons. The Morgan fingerprint density at radius 1 is 1.17 bits per heavy atom. The van der Waals surface area contributed by atoms with Crippen LogP contribution in [0, 0.1) is 6.92 Å². The first-order valence-electron chi connectivity index (χ1n) is 10.9. The number of piperidine rings is 1. The Bertz CT molecular complexity index is 817. The topological polar surface area (TPSA) is 57.1 Å². The molecular weight excluding hydrogens is 364 g/mol. The van der Waals surface area contributed by atoms with Crippen molar-refractivity contribution in [2.24, 2.45) is 0 Å². The van der Waals surface area contributed by atoms with E-state index in [4.69, 9.17) is 0 Å². The second kappa shape index (κ2) is 8.19. The van der Waals surface area contributed by atoms with Gasteiger partial charge in [-0.15, -0.1) is 0 Å². The van der Waals surface area contributed by atoms with E-state index in [0.717, 1.165) is 47.9 Å². The molecular formula is C23H33N4O2+. The molecule has 2 N–H and O–H groups in total. The third kappa shape index (κ3) is 3.90. The van der Waals surface area contributed by atoms with Crippen molar-refractivity contribution < 1.29 is 14.5 Å². The van der Waals surface area contributed by atoms with Gasteiger partial charge in [0.2, 0.25) is 0 Å². The van der Waals surface area contributed by atoms with Crippen LogP contribution in [0.2, 0.25) is 0 Å². The number of likely N-dealkylation sites (tertiary alicyclic amines) is 1. The molecule has 3 aliphatic rings. The Kier molecular flexibility index (Phi) is 5.63. The van der Waals surface area contributed by atoms with Crippen molar-refractivity contribution in [3.63, 3.8) is 0 Å². The van der Waals surface area contributed by atoms with E-state index in [2.05, 4.69) is 12.2 Å². The van der Waals surface area contributed by atoms with Crippen LogP contribution < -0.4 is 10.2 Å². The van der Waals surface area contributed by atoms with Gasteiger partial charge in [-0.2, -0.15) is 0 Å².